The highest BCUT2D eigenvalue weighted by atomic mass is 35.5. The lowest BCUT2D eigenvalue weighted by Crippen LogP contribution is -2.52. The van der Waals surface area contributed by atoms with Crippen LogP contribution in [0.5, 0.6) is 0 Å². The van der Waals surface area contributed by atoms with Crippen molar-refractivity contribution in [2.24, 2.45) is 0 Å². The molecule has 0 aliphatic carbocycles. The first-order valence-corrected chi connectivity index (χ1v) is 13.4. The van der Waals surface area contributed by atoms with Gasteiger partial charge in [-0.2, -0.15) is 0 Å². The Labute approximate surface area is 218 Å². The highest BCUT2D eigenvalue weighted by Gasteiger charge is 2.30. The van der Waals surface area contributed by atoms with Gasteiger partial charge in [-0.25, -0.2) is 0 Å². The Bertz CT molecular complexity index is 1060. The van der Waals surface area contributed by atoms with Crippen molar-refractivity contribution in [3.05, 3.63) is 101 Å². The molecule has 184 valence electrons. The summed E-state index contributed by atoms with van der Waals surface area (Å²) in [6, 6.07) is 26.8. The van der Waals surface area contributed by atoms with Crippen LogP contribution in [0.3, 0.4) is 0 Å². The summed E-state index contributed by atoms with van der Waals surface area (Å²) in [5.41, 5.74) is 1.96. The van der Waals surface area contributed by atoms with E-state index in [1.807, 2.05) is 98.8 Å². The zero-order valence-corrected chi connectivity index (χ0v) is 21.9. The zero-order valence-electron chi connectivity index (χ0n) is 20.3. The number of amides is 2. The van der Waals surface area contributed by atoms with Crippen molar-refractivity contribution < 1.29 is 9.59 Å². The number of nitrogens with zero attached hydrogens (tertiary/aromatic N) is 1. The Kier molecular flexibility index (Phi) is 10.7. The molecule has 0 unspecified atom stereocenters. The van der Waals surface area contributed by atoms with Crippen molar-refractivity contribution >= 4 is 35.2 Å². The summed E-state index contributed by atoms with van der Waals surface area (Å²) in [6.07, 6.45) is 1.62. The van der Waals surface area contributed by atoms with Gasteiger partial charge in [0.15, 0.2) is 0 Å². The zero-order chi connectivity index (χ0) is 25.0. The van der Waals surface area contributed by atoms with Crippen LogP contribution in [0.1, 0.15) is 37.8 Å². The van der Waals surface area contributed by atoms with Crippen molar-refractivity contribution in [2.75, 3.05) is 5.75 Å². The topological polar surface area (TPSA) is 49.4 Å². The molecule has 2 atom stereocenters. The number of rotatable bonds is 12. The minimum Gasteiger partial charge on any atom is -0.352 e. The highest BCUT2D eigenvalue weighted by molar-refractivity contribution is 7.99. The van der Waals surface area contributed by atoms with Crippen LogP contribution in [0.4, 0.5) is 0 Å². The lowest BCUT2D eigenvalue weighted by Gasteiger charge is -2.32. The Balaban J connectivity index is 1.85. The quantitative estimate of drug-likeness (QED) is 0.289. The van der Waals surface area contributed by atoms with E-state index in [9.17, 15) is 9.59 Å². The number of benzene rings is 3. The molecule has 0 saturated carbocycles. The molecule has 2 amide bonds. The van der Waals surface area contributed by atoms with Crippen LogP contribution in [0.25, 0.3) is 0 Å². The van der Waals surface area contributed by atoms with Gasteiger partial charge in [-0.1, -0.05) is 79.2 Å². The van der Waals surface area contributed by atoms with Gasteiger partial charge < -0.3 is 10.2 Å². The molecule has 0 saturated heterocycles. The molecule has 3 aromatic carbocycles. The van der Waals surface area contributed by atoms with Gasteiger partial charge in [-0.15, -0.1) is 11.8 Å². The smallest absolute Gasteiger partial charge is 0.243 e. The van der Waals surface area contributed by atoms with Gasteiger partial charge >= 0.3 is 0 Å². The minimum absolute atomic E-state index is 0.0295. The fourth-order valence-electron chi connectivity index (χ4n) is 3.70. The first-order chi connectivity index (χ1) is 17.0. The predicted octanol–water partition coefficient (Wildman–Crippen LogP) is 6.38. The maximum absolute atomic E-state index is 13.6. The Morgan fingerprint density at radius 2 is 1.54 bits per heavy atom. The van der Waals surface area contributed by atoms with Gasteiger partial charge in [0.05, 0.1) is 0 Å². The standard InChI is InChI=1S/C29H33ClN2O2S/c1-3-22(2)31-29(34)27(20-23-10-6-4-7-11-23)32(21-24-14-16-25(30)17-15-24)28(33)18-19-35-26-12-8-5-9-13-26/h4-17,22,27H,3,18-21H2,1-2H3,(H,31,34)/t22-,27-/m0/s1. The normalized spacial score (nSPS) is 12.5. The summed E-state index contributed by atoms with van der Waals surface area (Å²) >= 11 is 7.73. The third-order valence-corrected chi connectivity index (χ3v) is 7.13. The third-order valence-electron chi connectivity index (χ3n) is 5.87. The maximum atomic E-state index is 13.6. The molecule has 0 aliphatic heterocycles. The molecule has 3 rings (SSSR count). The SMILES string of the molecule is CC[C@H](C)NC(=O)[C@H](Cc1ccccc1)N(Cc1ccc(Cl)cc1)C(=O)CCSc1ccccc1. The fourth-order valence-corrected chi connectivity index (χ4v) is 4.69. The van der Waals surface area contributed by atoms with Crippen LogP contribution in [0.2, 0.25) is 5.02 Å². The van der Waals surface area contributed by atoms with E-state index in [2.05, 4.69) is 5.32 Å². The largest absolute Gasteiger partial charge is 0.352 e. The number of hydrogen-bond acceptors (Lipinski definition) is 3. The van der Waals surface area contributed by atoms with E-state index in [0.717, 1.165) is 22.4 Å². The summed E-state index contributed by atoms with van der Waals surface area (Å²) in [6.45, 7) is 4.37. The molecule has 6 heteroatoms. The molecule has 0 radical (unpaired) electrons. The Morgan fingerprint density at radius 3 is 2.17 bits per heavy atom. The van der Waals surface area contributed by atoms with E-state index in [4.69, 9.17) is 11.6 Å². The molecule has 35 heavy (non-hydrogen) atoms. The first kappa shape index (κ1) is 26.8. The Hall–Kier alpha value is -2.76. The fraction of sp³-hybridized carbons (Fsp3) is 0.310. The van der Waals surface area contributed by atoms with E-state index in [0.29, 0.717) is 30.2 Å². The molecule has 0 fully saturated rings. The number of carbonyl (C=O) groups is 2. The van der Waals surface area contributed by atoms with Gasteiger partial charge in [0.1, 0.15) is 6.04 Å². The van der Waals surface area contributed by atoms with E-state index < -0.39 is 6.04 Å². The van der Waals surface area contributed by atoms with Gasteiger partial charge in [-0.3, -0.25) is 9.59 Å². The molecular formula is C29H33ClN2O2S. The van der Waals surface area contributed by atoms with Crippen molar-refractivity contribution in [3.63, 3.8) is 0 Å². The Morgan fingerprint density at radius 1 is 0.914 bits per heavy atom. The molecule has 0 aliphatic rings. The van der Waals surface area contributed by atoms with Gasteiger partial charge in [0.25, 0.3) is 0 Å². The molecular weight excluding hydrogens is 476 g/mol. The number of nitrogens with one attached hydrogen (secondary N) is 1. The van der Waals surface area contributed by atoms with Gasteiger partial charge in [0, 0.05) is 41.1 Å². The van der Waals surface area contributed by atoms with Crippen molar-refractivity contribution in [3.8, 4) is 0 Å². The summed E-state index contributed by atoms with van der Waals surface area (Å²) in [5, 5.41) is 3.74. The van der Waals surface area contributed by atoms with E-state index >= 15 is 0 Å². The molecule has 1 N–H and O–H groups in total. The maximum Gasteiger partial charge on any atom is 0.243 e. The van der Waals surface area contributed by atoms with E-state index in [-0.39, 0.29) is 17.9 Å². The number of hydrogen-bond donors (Lipinski definition) is 1. The summed E-state index contributed by atoms with van der Waals surface area (Å²) in [4.78, 5) is 29.9. The minimum atomic E-state index is -0.615. The third kappa shape index (κ3) is 8.75. The van der Waals surface area contributed by atoms with Crippen LogP contribution >= 0.6 is 23.4 Å². The second-order valence-corrected chi connectivity index (χ2v) is 10.2. The van der Waals surface area contributed by atoms with Crippen molar-refractivity contribution in [1.29, 1.82) is 0 Å². The lowest BCUT2D eigenvalue weighted by atomic mass is 10.0. The summed E-state index contributed by atoms with van der Waals surface area (Å²) < 4.78 is 0. The molecule has 0 spiro atoms. The highest BCUT2D eigenvalue weighted by Crippen LogP contribution is 2.21. The van der Waals surface area contributed by atoms with E-state index in [1.165, 1.54) is 0 Å². The molecule has 0 bridgehead atoms. The molecule has 3 aromatic rings. The van der Waals surface area contributed by atoms with Crippen LogP contribution in [-0.4, -0.2) is 34.6 Å². The monoisotopic (exact) mass is 508 g/mol. The second kappa shape index (κ2) is 14.0. The second-order valence-electron chi connectivity index (χ2n) is 8.58. The predicted molar refractivity (Wildman–Crippen MR) is 146 cm³/mol. The van der Waals surface area contributed by atoms with Crippen LogP contribution in [0.15, 0.2) is 89.8 Å². The van der Waals surface area contributed by atoms with Crippen molar-refractivity contribution in [2.45, 2.75) is 56.6 Å². The first-order valence-electron chi connectivity index (χ1n) is 12.0. The molecule has 4 nitrogen and oxygen atoms in total. The number of thioether (sulfide) groups is 1. The number of halogens is 1. The van der Waals surface area contributed by atoms with Crippen LogP contribution < -0.4 is 5.32 Å². The van der Waals surface area contributed by atoms with Crippen LogP contribution in [0, 0.1) is 0 Å². The van der Waals surface area contributed by atoms with E-state index in [1.54, 1.807) is 16.7 Å². The average molecular weight is 509 g/mol. The number of carbonyl (C=O) groups excluding carboxylic acids is 2. The summed E-state index contributed by atoms with van der Waals surface area (Å²) in [5.74, 6) is 0.482. The summed E-state index contributed by atoms with van der Waals surface area (Å²) in [7, 11) is 0. The molecule has 0 aromatic heterocycles. The average Bonchev–Trinajstić information content (AvgIpc) is 2.88. The molecule has 0 heterocycles. The van der Waals surface area contributed by atoms with Gasteiger partial charge in [0.2, 0.25) is 11.8 Å². The lowest BCUT2D eigenvalue weighted by molar-refractivity contribution is -0.141. The van der Waals surface area contributed by atoms with Crippen LogP contribution in [-0.2, 0) is 22.6 Å². The van der Waals surface area contributed by atoms with Gasteiger partial charge in [-0.05, 0) is 48.7 Å². The van der Waals surface area contributed by atoms with Crippen molar-refractivity contribution in [1.82, 2.24) is 10.2 Å².